The van der Waals surface area contributed by atoms with Crippen molar-refractivity contribution in [3.63, 3.8) is 0 Å². The summed E-state index contributed by atoms with van der Waals surface area (Å²) in [5.74, 6) is 0.242. The highest BCUT2D eigenvalue weighted by Gasteiger charge is 2.22. The lowest BCUT2D eigenvalue weighted by Crippen LogP contribution is -2.28. The summed E-state index contributed by atoms with van der Waals surface area (Å²) in [6.45, 7) is 3.60. The van der Waals surface area contributed by atoms with Gasteiger partial charge in [0.2, 0.25) is 11.8 Å². The Bertz CT molecular complexity index is 530. The van der Waals surface area contributed by atoms with E-state index in [1.807, 2.05) is 43.1 Å². The number of carbonyl (C=O) groups excluding carboxylic acids is 2. The van der Waals surface area contributed by atoms with Gasteiger partial charge in [-0.2, -0.15) is 0 Å². The van der Waals surface area contributed by atoms with Crippen molar-refractivity contribution in [2.75, 3.05) is 25.0 Å². The Hall–Kier alpha value is -1.88. The van der Waals surface area contributed by atoms with Crippen LogP contribution in [0.1, 0.15) is 44.2 Å². The molecular weight excluding hydrogens is 278 g/mol. The first kappa shape index (κ1) is 16.5. The van der Waals surface area contributed by atoms with Crippen LogP contribution in [-0.2, 0) is 9.59 Å². The van der Waals surface area contributed by atoms with Crippen LogP contribution < -0.4 is 15.5 Å². The zero-order valence-electron chi connectivity index (χ0n) is 13.4. The standard InChI is InChI=1S/C17H25N3O2/c1-13(19-16(21)8-4-10-18-2)14-6-3-7-15(12-14)20-11-5-9-17(20)22/h3,6-7,12-13,18H,4-5,8-11H2,1-2H3,(H,19,21). The molecule has 0 radical (unpaired) electrons. The molecule has 1 aliphatic rings. The van der Waals surface area contributed by atoms with Crippen molar-refractivity contribution in [3.05, 3.63) is 29.8 Å². The minimum atomic E-state index is -0.0558. The molecule has 1 saturated heterocycles. The maximum Gasteiger partial charge on any atom is 0.227 e. The Kier molecular flexibility index (Phi) is 5.95. The van der Waals surface area contributed by atoms with E-state index in [0.29, 0.717) is 12.8 Å². The van der Waals surface area contributed by atoms with E-state index in [1.54, 1.807) is 0 Å². The molecular formula is C17H25N3O2. The quantitative estimate of drug-likeness (QED) is 0.757. The Morgan fingerprint density at radius 3 is 2.91 bits per heavy atom. The third-order valence-electron chi connectivity index (χ3n) is 3.96. The van der Waals surface area contributed by atoms with Crippen LogP contribution >= 0.6 is 0 Å². The third-order valence-corrected chi connectivity index (χ3v) is 3.96. The van der Waals surface area contributed by atoms with Gasteiger partial charge >= 0.3 is 0 Å². The van der Waals surface area contributed by atoms with E-state index in [2.05, 4.69) is 10.6 Å². The summed E-state index contributed by atoms with van der Waals surface area (Å²) < 4.78 is 0. The molecule has 1 fully saturated rings. The molecule has 1 aromatic rings. The number of hydrogen-bond acceptors (Lipinski definition) is 3. The highest BCUT2D eigenvalue weighted by molar-refractivity contribution is 5.95. The van der Waals surface area contributed by atoms with Crippen molar-refractivity contribution in [3.8, 4) is 0 Å². The van der Waals surface area contributed by atoms with Crippen LogP contribution in [0.4, 0.5) is 5.69 Å². The highest BCUT2D eigenvalue weighted by atomic mass is 16.2. The van der Waals surface area contributed by atoms with Gasteiger partial charge in [0, 0.05) is 25.1 Å². The van der Waals surface area contributed by atoms with Gasteiger partial charge < -0.3 is 15.5 Å². The third kappa shape index (κ3) is 4.31. The largest absolute Gasteiger partial charge is 0.350 e. The van der Waals surface area contributed by atoms with E-state index in [9.17, 15) is 9.59 Å². The Labute approximate surface area is 132 Å². The first-order chi connectivity index (χ1) is 10.6. The van der Waals surface area contributed by atoms with Gasteiger partial charge in [-0.3, -0.25) is 9.59 Å². The monoisotopic (exact) mass is 303 g/mol. The molecule has 5 heteroatoms. The second-order valence-electron chi connectivity index (χ2n) is 5.74. The van der Waals surface area contributed by atoms with Crippen LogP contribution in [0, 0.1) is 0 Å². The summed E-state index contributed by atoms with van der Waals surface area (Å²) in [6, 6.07) is 7.83. The molecule has 1 aromatic carbocycles. The summed E-state index contributed by atoms with van der Waals surface area (Å²) in [5, 5.41) is 6.05. The summed E-state index contributed by atoms with van der Waals surface area (Å²) >= 11 is 0. The molecule has 0 spiro atoms. The molecule has 22 heavy (non-hydrogen) atoms. The van der Waals surface area contributed by atoms with E-state index < -0.39 is 0 Å². The smallest absolute Gasteiger partial charge is 0.227 e. The SMILES string of the molecule is CNCCCC(=O)NC(C)c1cccc(N2CCCC2=O)c1. The molecule has 0 bridgehead atoms. The van der Waals surface area contributed by atoms with Gasteiger partial charge in [0.05, 0.1) is 6.04 Å². The lowest BCUT2D eigenvalue weighted by molar-refractivity contribution is -0.122. The number of benzene rings is 1. The fraction of sp³-hybridized carbons (Fsp3) is 0.529. The lowest BCUT2D eigenvalue weighted by Gasteiger charge is -2.19. The van der Waals surface area contributed by atoms with Crippen LogP contribution in [0.25, 0.3) is 0 Å². The summed E-state index contributed by atoms with van der Waals surface area (Å²) in [6.07, 6.45) is 2.90. The van der Waals surface area contributed by atoms with Crippen LogP contribution in [-0.4, -0.2) is 32.0 Å². The Morgan fingerprint density at radius 1 is 1.41 bits per heavy atom. The molecule has 1 atom stereocenters. The number of nitrogens with one attached hydrogen (secondary N) is 2. The van der Waals surface area contributed by atoms with Crippen LogP contribution in [0.15, 0.2) is 24.3 Å². The minimum Gasteiger partial charge on any atom is -0.350 e. The fourth-order valence-electron chi connectivity index (χ4n) is 2.71. The summed E-state index contributed by atoms with van der Waals surface area (Å²) in [4.78, 5) is 25.5. The molecule has 5 nitrogen and oxygen atoms in total. The number of anilines is 1. The second kappa shape index (κ2) is 7.94. The predicted octanol–water partition coefficient (Wildman–Crippen LogP) is 1.99. The van der Waals surface area contributed by atoms with E-state index in [-0.39, 0.29) is 17.9 Å². The number of nitrogens with zero attached hydrogens (tertiary/aromatic N) is 1. The van der Waals surface area contributed by atoms with Crippen molar-refractivity contribution in [2.45, 2.75) is 38.6 Å². The lowest BCUT2D eigenvalue weighted by atomic mass is 10.1. The van der Waals surface area contributed by atoms with E-state index >= 15 is 0 Å². The van der Waals surface area contributed by atoms with Gasteiger partial charge in [-0.1, -0.05) is 12.1 Å². The summed E-state index contributed by atoms with van der Waals surface area (Å²) in [7, 11) is 1.88. The molecule has 0 saturated carbocycles. The van der Waals surface area contributed by atoms with Gasteiger partial charge in [-0.15, -0.1) is 0 Å². The predicted molar refractivity (Wildman–Crippen MR) is 87.7 cm³/mol. The molecule has 120 valence electrons. The first-order valence-electron chi connectivity index (χ1n) is 7.96. The van der Waals surface area contributed by atoms with Crippen molar-refractivity contribution in [2.24, 2.45) is 0 Å². The number of carbonyl (C=O) groups is 2. The fourth-order valence-corrected chi connectivity index (χ4v) is 2.71. The summed E-state index contributed by atoms with van der Waals surface area (Å²) in [5.41, 5.74) is 1.95. The molecule has 2 N–H and O–H groups in total. The molecule has 0 aromatic heterocycles. The molecule has 1 unspecified atom stereocenters. The number of rotatable bonds is 7. The first-order valence-corrected chi connectivity index (χ1v) is 7.96. The average Bonchev–Trinajstić information content (AvgIpc) is 2.94. The highest BCUT2D eigenvalue weighted by Crippen LogP contribution is 2.24. The molecule has 1 heterocycles. The maximum atomic E-state index is 11.9. The minimum absolute atomic E-state index is 0.0558. The Balaban J connectivity index is 1.96. The number of amides is 2. The van der Waals surface area contributed by atoms with Gasteiger partial charge in [0.1, 0.15) is 0 Å². The second-order valence-corrected chi connectivity index (χ2v) is 5.74. The average molecular weight is 303 g/mol. The Morgan fingerprint density at radius 2 is 2.23 bits per heavy atom. The van der Waals surface area contributed by atoms with E-state index in [4.69, 9.17) is 0 Å². The van der Waals surface area contributed by atoms with Crippen LogP contribution in [0.2, 0.25) is 0 Å². The van der Waals surface area contributed by atoms with E-state index in [1.165, 1.54) is 0 Å². The van der Waals surface area contributed by atoms with Gasteiger partial charge in [-0.05, 0) is 51.1 Å². The van der Waals surface area contributed by atoms with Crippen LogP contribution in [0.3, 0.4) is 0 Å². The zero-order valence-corrected chi connectivity index (χ0v) is 13.4. The molecule has 1 aliphatic heterocycles. The topological polar surface area (TPSA) is 61.4 Å². The van der Waals surface area contributed by atoms with Gasteiger partial charge in [0.25, 0.3) is 0 Å². The van der Waals surface area contributed by atoms with Crippen molar-refractivity contribution >= 4 is 17.5 Å². The normalized spacial score (nSPS) is 15.9. The molecule has 0 aliphatic carbocycles. The maximum absolute atomic E-state index is 11.9. The van der Waals surface area contributed by atoms with Crippen molar-refractivity contribution < 1.29 is 9.59 Å². The molecule has 2 amide bonds. The van der Waals surface area contributed by atoms with Crippen molar-refractivity contribution in [1.82, 2.24) is 10.6 Å². The van der Waals surface area contributed by atoms with Gasteiger partial charge in [0.15, 0.2) is 0 Å². The van der Waals surface area contributed by atoms with Crippen LogP contribution in [0.5, 0.6) is 0 Å². The number of hydrogen-bond donors (Lipinski definition) is 2. The van der Waals surface area contributed by atoms with E-state index in [0.717, 1.165) is 37.2 Å². The van der Waals surface area contributed by atoms with Crippen molar-refractivity contribution in [1.29, 1.82) is 0 Å². The molecule has 2 rings (SSSR count). The van der Waals surface area contributed by atoms with Gasteiger partial charge in [-0.25, -0.2) is 0 Å². The zero-order chi connectivity index (χ0) is 15.9.